The van der Waals surface area contributed by atoms with Gasteiger partial charge in [-0.15, -0.1) is 0 Å². The van der Waals surface area contributed by atoms with E-state index in [1.54, 1.807) is 62.6 Å². The van der Waals surface area contributed by atoms with Crippen LogP contribution in [0.4, 0.5) is 10.5 Å². The molecule has 0 unspecified atom stereocenters. The quantitative estimate of drug-likeness (QED) is 0.0301. The number of benzene rings is 4. The molecule has 8 atom stereocenters. The molecule has 0 bridgehead atoms. The summed E-state index contributed by atoms with van der Waals surface area (Å²) in [6, 6.07) is 31.7. The zero-order chi connectivity index (χ0) is 56.4. The Balaban J connectivity index is 0.823. The molecule has 2 aromatic heterocycles. The molecule has 19 nitrogen and oxygen atoms in total. The van der Waals surface area contributed by atoms with Crippen LogP contribution in [-0.4, -0.2) is 118 Å². The number of para-hydroxylation sites is 1. The number of fused-ring (bicyclic) bond motifs is 8. The van der Waals surface area contributed by atoms with Crippen LogP contribution in [0.1, 0.15) is 81.5 Å². The van der Waals surface area contributed by atoms with Gasteiger partial charge < -0.3 is 59.9 Å². The number of unbranched alkanes of at least 4 members (excludes halogenated alkanes) is 1. The van der Waals surface area contributed by atoms with E-state index in [1.807, 2.05) is 66.7 Å². The first kappa shape index (κ1) is 55.6. The topological polar surface area (TPSA) is 247 Å². The third-order valence-corrected chi connectivity index (χ3v) is 15.6. The molecule has 6 aromatic rings. The van der Waals surface area contributed by atoms with Crippen LogP contribution in [0.25, 0.3) is 33.4 Å². The lowest BCUT2D eigenvalue weighted by molar-refractivity contribution is -0.272. The average molecular weight is 1110 g/mol. The minimum Gasteiger partial charge on any atom is -0.479 e. The number of aliphatic hydroxyl groups excluding tert-OH is 2. The molecule has 0 radical (unpaired) electrons. The molecule has 6 N–H and O–H groups in total. The van der Waals surface area contributed by atoms with Gasteiger partial charge in [-0.3, -0.25) is 19.0 Å². The summed E-state index contributed by atoms with van der Waals surface area (Å²) in [7, 11) is 1.38. The largest absolute Gasteiger partial charge is 0.479 e. The molecule has 5 heterocycles. The molecule has 80 heavy (non-hydrogen) atoms. The lowest BCUT2D eigenvalue weighted by Crippen LogP contribution is -2.59. The Hall–Kier alpha value is -7.75. The van der Waals surface area contributed by atoms with Gasteiger partial charge in [0.15, 0.2) is 17.5 Å². The first-order valence-electron chi connectivity index (χ1n) is 26.9. The minimum atomic E-state index is -1.93. The van der Waals surface area contributed by atoms with Crippen LogP contribution in [0, 0.1) is 5.92 Å². The molecule has 1 saturated heterocycles. The second kappa shape index (κ2) is 23.5. The Kier molecular flexibility index (Phi) is 16.3. The van der Waals surface area contributed by atoms with E-state index >= 15 is 0 Å². The van der Waals surface area contributed by atoms with Crippen molar-refractivity contribution in [3.63, 3.8) is 0 Å². The number of ether oxygens (including phenoxy) is 6. The Bertz CT molecular complexity index is 3360. The number of methoxy groups -OCH3 is 1. The summed E-state index contributed by atoms with van der Waals surface area (Å²) in [5.41, 5.74) is 5.19. The van der Waals surface area contributed by atoms with Crippen molar-refractivity contribution in [2.75, 3.05) is 32.2 Å². The maximum absolute atomic E-state index is 14.6. The lowest BCUT2D eigenvalue weighted by Gasteiger charge is -2.40. The Morgan fingerprint density at radius 2 is 1.60 bits per heavy atom. The first-order valence-corrected chi connectivity index (χ1v) is 27.3. The number of ketones is 1. The monoisotopic (exact) mass is 1110 g/mol. The molecule has 2 amide bonds. The van der Waals surface area contributed by atoms with Crippen molar-refractivity contribution in [1.29, 1.82) is 0 Å². The number of nitrogens with one attached hydrogen (secondary N) is 4. The van der Waals surface area contributed by atoms with Crippen molar-refractivity contribution in [3.8, 4) is 34.0 Å². The number of pyridine rings is 2. The number of alkyl carbamates (subject to hydrolysis) is 1. The van der Waals surface area contributed by atoms with E-state index in [0.717, 1.165) is 38.7 Å². The summed E-state index contributed by atoms with van der Waals surface area (Å²) >= 11 is 5.75. The number of hydrogen-bond donors (Lipinski definition) is 6. The zero-order valence-corrected chi connectivity index (χ0v) is 45.7. The van der Waals surface area contributed by atoms with E-state index in [1.165, 1.54) is 7.11 Å². The van der Waals surface area contributed by atoms with Gasteiger partial charge in [-0.25, -0.2) is 14.6 Å². The van der Waals surface area contributed by atoms with Crippen molar-refractivity contribution in [3.05, 3.63) is 142 Å². The fourth-order valence-electron chi connectivity index (χ4n) is 11.1. The fraction of sp³-hybridized carbons (Fsp3) is 0.383. The van der Waals surface area contributed by atoms with Crippen molar-refractivity contribution in [2.24, 2.45) is 5.92 Å². The van der Waals surface area contributed by atoms with Crippen LogP contribution in [0.3, 0.4) is 0 Å². The van der Waals surface area contributed by atoms with Crippen molar-refractivity contribution in [1.82, 2.24) is 25.5 Å². The van der Waals surface area contributed by atoms with Crippen LogP contribution in [0.5, 0.6) is 11.5 Å². The number of thiocarbonyl (C=S) groups is 1. The highest BCUT2D eigenvalue weighted by atomic mass is 32.1. The number of nitrogens with zero attached hydrogens (tertiary/aromatic N) is 2. The van der Waals surface area contributed by atoms with Gasteiger partial charge in [0.1, 0.15) is 42.8 Å². The minimum absolute atomic E-state index is 0.0389. The second-order valence-electron chi connectivity index (χ2n) is 20.8. The summed E-state index contributed by atoms with van der Waals surface area (Å²) in [6.07, 6.45) is -4.62. The standard InChI is InChI=1S/C60H64N6O13S/c1-6-60(43-28-46-49-35(27-34-15-7-12-20-44(34)63-49)29-66(46)55(71)52(43)75-31-47(60)67)79-56(72)48(32(2)3)65-54(70)45(64-58(80)62-36-22-24-37(25-23-36)78-57-51(69)53(74-5)50(68)33(4)77-57)21-13-14-26-61-59(73)76-30-42-40-18-10-8-16-38(40)39-17-9-11-19-41(39)42/h7-12,15-20,22-25,27-28,32-33,42,45,48,50-51,53,57,68-69H,6,13-14,21,26,29-31H2,1-5H3,(H,61,73)(H,65,70)(H2,62,64,80)/t33-,45-,48-,50+,51-,53+,57+,60-/m0/s1. The summed E-state index contributed by atoms with van der Waals surface area (Å²) in [5.74, 6) is -2.48. The van der Waals surface area contributed by atoms with E-state index < -0.39 is 90.2 Å². The Morgan fingerprint density at radius 1 is 0.900 bits per heavy atom. The average Bonchev–Trinajstić information content (AvgIpc) is 3.31. The number of carbonyl (C=O) groups is 4. The number of carbonyl (C=O) groups excluding carboxylic acids is 4. The Labute approximate surface area is 467 Å². The van der Waals surface area contributed by atoms with Crippen LogP contribution in [0.2, 0.25) is 0 Å². The summed E-state index contributed by atoms with van der Waals surface area (Å²) in [4.78, 5) is 75.5. The lowest BCUT2D eigenvalue weighted by atomic mass is 9.84. The van der Waals surface area contributed by atoms with Gasteiger partial charge in [0.25, 0.3) is 5.56 Å². The number of aliphatic hydroxyl groups is 2. The molecule has 1 aliphatic carbocycles. The Morgan fingerprint density at radius 3 is 2.30 bits per heavy atom. The van der Waals surface area contributed by atoms with Gasteiger partial charge in [0.2, 0.25) is 23.6 Å². The van der Waals surface area contributed by atoms with Crippen molar-refractivity contribution in [2.45, 2.75) is 114 Å². The number of anilines is 1. The third-order valence-electron chi connectivity index (χ3n) is 15.4. The first-order chi connectivity index (χ1) is 38.6. The number of esters is 1. The molecule has 1 fully saturated rings. The smallest absolute Gasteiger partial charge is 0.407 e. The molecular weight excluding hydrogens is 1040 g/mol. The number of hydrogen-bond acceptors (Lipinski definition) is 15. The molecule has 0 saturated carbocycles. The normalized spacial score (nSPS) is 21.4. The molecular formula is C60H64N6O13S. The van der Waals surface area contributed by atoms with E-state index in [2.05, 4.69) is 33.4 Å². The van der Waals surface area contributed by atoms with Crippen molar-refractivity contribution < 1.29 is 57.8 Å². The molecule has 20 heteroatoms. The zero-order valence-electron chi connectivity index (χ0n) is 44.9. The highest BCUT2D eigenvalue weighted by Gasteiger charge is 2.51. The van der Waals surface area contributed by atoms with Crippen LogP contribution in [-0.2, 0) is 45.5 Å². The number of rotatable bonds is 18. The van der Waals surface area contributed by atoms with Gasteiger partial charge in [0.05, 0.1) is 35.1 Å². The second-order valence-corrected chi connectivity index (χ2v) is 21.2. The summed E-state index contributed by atoms with van der Waals surface area (Å²) in [6.45, 7) is 6.90. The van der Waals surface area contributed by atoms with E-state index in [0.29, 0.717) is 35.7 Å². The summed E-state index contributed by atoms with van der Waals surface area (Å²) < 4.78 is 36.3. The van der Waals surface area contributed by atoms with E-state index in [9.17, 15) is 34.2 Å². The fourth-order valence-corrected chi connectivity index (χ4v) is 11.3. The number of aromatic nitrogens is 2. The molecule has 3 aliphatic heterocycles. The summed E-state index contributed by atoms with van der Waals surface area (Å²) in [5, 5.41) is 34.0. The van der Waals surface area contributed by atoms with Gasteiger partial charge in [-0.2, -0.15) is 0 Å². The molecule has 4 aliphatic rings. The SMILES string of the molecule is CC[C@@]1(OC(=O)[C@@H](NC(=O)[C@H](CCCCNC(=O)OCC2c3ccccc3-c3ccccc32)NC(=S)Nc2ccc(O[C@H]3O[C@@H](C)[C@@H](O)[C@@H](OC)[C@@H]3O)cc2)C(C)C)C(=O)COc2c1cc1n(c2=O)Cc2cc3ccccc3nc2-1. The number of Topliss-reactive ketones (excluding diaryl/α,β-unsaturated/α-hetero) is 1. The van der Waals surface area contributed by atoms with Crippen LogP contribution < -0.4 is 36.3 Å². The molecule has 10 rings (SSSR count). The highest BCUT2D eigenvalue weighted by molar-refractivity contribution is 7.80. The van der Waals surface area contributed by atoms with Gasteiger partial charge in [-0.1, -0.05) is 87.5 Å². The molecule has 0 spiro atoms. The predicted molar refractivity (Wildman–Crippen MR) is 300 cm³/mol. The van der Waals surface area contributed by atoms with Gasteiger partial charge in [-0.05, 0) is 115 Å². The van der Waals surface area contributed by atoms with E-state index in [4.69, 9.17) is 45.6 Å². The van der Waals surface area contributed by atoms with Crippen LogP contribution in [0.15, 0.2) is 114 Å². The molecule has 418 valence electrons. The predicted octanol–water partition coefficient (Wildman–Crippen LogP) is 6.60. The van der Waals surface area contributed by atoms with Gasteiger partial charge in [0, 0.05) is 36.2 Å². The van der Waals surface area contributed by atoms with Gasteiger partial charge >= 0.3 is 12.1 Å². The maximum Gasteiger partial charge on any atom is 0.407 e. The molecule has 4 aromatic carbocycles. The highest BCUT2D eigenvalue weighted by Crippen LogP contribution is 2.45. The third kappa shape index (κ3) is 11.0. The van der Waals surface area contributed by atoms with Crippen molar-refractivity contribution >= 4 is 57.7 Å². The number of amides is 2. The maximum atomic E-state index is 14.6. The van der Waals surface area contributed by atoms with Crippen LogP contribution >= 0.6 is 12.2 Å². The van der Waals surface area contributed by atoms with E-state index in [-0.39, 0.29) is 54.9 Å².